The quantitative estimate of drug-likeness (QED) is 0.852. The molecule has 1 heterocycles. The van der Waals surface area contributed by atoms with Gasteiger partial charge in [0, 0.05) is 30.2 Å². The third-order valence-corrected chi connectivity index (χ3v) is 3.52. The maximum absolute atomic E-state index is 12.3. The molecule has 2 aromatic rings. The molecule has 0 unspecified atom stereocenters. The molecular weight excluding hydrogens is 296 g/mol. The van der Waals surface area contributed by atoms with Crippen LogP contribution >= 0.6 is 0 Å². The topological polar surface area (TPSA) is 86.7 Å². The summed E-state index contributed by atoms with van der Waals surface area (Å²) in [6, 6.07) is 12.5. The van der Waals surface area contributed by atoms with Crippen molar-refractivity contribution < 1.29 is 19.5 Å². The number of imide groups is 1. The lowest BCUT2D eigenvalue weighted by molar-refractivity contribution is -0.121. The van der Waals surface area contributed by atoms with E-state index in [-0.39, 0.29) is 30.4 Å². The van der Waals surface area contributed by atoms with Gasteiger partial charge >= 0.3 is 0 Å². The lowest BCUT2D eigenvalue weighted by atomic mass is 10.1. The Labute approximate surface area is 132 Å². The van der Waals surface area contributed by atoms with E-state index in [1.807, 2.05) is 0 Å². The molecule has 23 heavy (non-hydrogen) atoms. The van der Waals surface area contributed by atoms with E-state index >= 15 is 0 Å². The van der Waals surface area contributed by atoms with E-state index in [4.69, 9.17) is 0 Å². The predicted octanol–water partition coefficient (Wildman–Crippen LogP) is 2.30. The molecule has 0 saturated carbocycles. The van der Waals surface area contributed by atoms with E-state index in [9.17, 15) is 19.5 Å². The highest BCUT2D eigenvalue weighted by molar-refractivity contribution is 6.20. The van der Waals surface area contributed by atoms with Crippen LogP contribution in [0.15, 0.2) is 48.5 Å². The Bertz CT molecular complexity index is 785. The zero-order chi connectivity index (χ0) is 16.4. The molecule has 0 aliphatic carbocycles. The fraction of sp³-hybridized carbons (Fsp3) is 0.118. The zero-order valence-corrected chi connectivity index (χ0v) is 12.2. The van der Waals surface area contributed by atoms with E-state index in [1.165, 1.54) is 18.2 Å². The van der Waals surface area contributed by atoms with Gasteiger partial charge in [0.05, 0.1) is 5.69 Å². The number of phenols is 1. The molecule has 1 aliphatic heterocycles. The van der Waals surface area contributed by atoms with Gasteiger partial charge in [-0.1, -0.05) is 12.1 Å². The van der Waals surface area contributed by atoms with Crippen LogP contribution in [0.3, 0.4) is 0 Å². The lowest BCUT2D eigenvalue weighted by Crippen LogP contribution is -2.28. The minimum absolute atomic E-state index is 0.0461. The molecule has 2 N–H and O–H groups in total. The Morgan fingerprint density at radius 2 is 1.70 bits per heavy atom. The van der Waals surface area contributed by atoms with Crippen LogP contribution in [0.25, 0.3) is 0 Å². The van der Waals surface area contributed by atoms with Crippen molar-refractivity contribution in [2.24, 2.45) is 0 Å². The maximum Gasteiger partial charge on any atom is 0.255 e. The largest absolute Gasteiger partial charge is 0.508 e. The third-order valence-electron chi connectivity index (χ3n) is 3.52. The van der Waals surface area contributed by atoms with Crippen molar-refractivity contribution in [1.29, 1.82) is 0 Å². The van der Waals surface area contributed by atoms with Gasteiger partial charge in [0.2, 0.25) is 11.8 Å². The Kier molecular flexibility index (Phi) is 3.80. The fourth-order valence-electron chi connectivity index (χ4n) is 2.44. The van der Waals surface area contributed by atoms with Crippen molar-refractivity contribution in [1.82, 2.24) is 0 Å². The number of benzene rings is 2. The van der Waals surface area contributed by atoms with E-state index in [1.54, 1.807) is 30.3 Å². The number of hydrogen-bond donors (Lipinski definition) is 2. The van der Waals surface area contributed by atoms with E-state index in [2.05, 4.69) is 5.32 Å². The number of anilines is 2. The summed E-state index contributed by atoms with van der Waals surface area (Å²) in [4.78, 5) is 36.9. The van der Waals surface area contributed by atoms with Gasteiger partial charge in [-0.05, 0) is 30.3 Å². The molecule has 0 atom stereocenters. The first-order valence-electron chi connectivity index (χ1n) is 7.11. The number of phenolic OH excluding ortho intramolecular Hbond substituents is 1. The van der Waals surface area contributed by atoms with Crippen molar-refractivity contribution in [3.05, 3.63) is 54.1 Å². The van der Waals surface area contributed by atoms with Gasteiger partial charge in [0.25, 0.3) is 5.91 Å². The second-order valence-electron chi connectivity index (χ2n) is 5.18. The highest BCUT2D eigenvalue weighted by Crippen LogP contribution is 2.24. The third kappa shape index (κ3) is 3.06. The molecule has 6 heteroatoms. The number of rotatable bonds is 3. The van der Waals surface area contributed by atoms with Crippen LogP contribution in [0, 0.1) is 0 Å². The second-order valence-corrected chi connectivity index (χ2v) is 5.18. The highest BCUT2D eigenvalue weighted by Gasteiger charge is 2.30. The Hall–Kier alpha value is -3.15. The van der Waals surface area contributed by atoms with Crippen LogP contribution in [0.5, 0.6) is 5.75 Å². The summed E-state index contributed by atoms with van der Waals surface area (Å²) in [5, 5.41) is 12.1. The molecule has 2 aromatic carbocycles. The van der Waals surface area contributed by atoms with Crippen LogP contribution in [0.4, 0.5) is 11.4 Å². The zero-order valence-electron chi connectivity index (χ0n) is 12.2. The van der Waals surface area contributed by atoms with Crippen LogP contribution in [0.1, 0.15) is 23.2 Å². The van der Waals surface area contributed by atoms with Gasteiger partial charge in [-0.2, -0.15) is 0 Å². The molecule has 0 radical (unpaired) electrons. The normalized spacial score (nSPS) is 14.2. The number of aromatic hydroxyl groups is 1. The number of nitrogens with one attached hydrogen (secondary N) is 1. The van der Waals surface area contributed by atoms with Crippen LogP contribution < -0.4 is 10.2 Å². The molecule has 0 aromatic heterocycles. The van der Waals surface area contributed by atoms with E-state index in [0.717, 1.165) is 4.90 Å². The molecule has 3 rings (SSSR count). The summed E-state index contributed by atoms with van der Waals surface area (Å²) in [6.45, 7) is 0. The van der Waals surface area contributed by atoms with Crippen molar-refractivity contribution in [3.63, 3.8) is 0 Å². The predicted molar refractivity (Wildman–Crippen MR) is 84.2 cm³/mol. The SMILES string of the molecule is O=C(Nc1cccc(O)c1)c1cccc(N2C(=O)CCC2=O)c1. The minimum Gasteiger partial charge on any atom is -0.508 e. The van der Waals surface area contributed by atoms with Crippen LogP contribution in [-0.4, -0.2) is 22.8 Å². The number of hydrogen-bond acceptors (Lipinski definition) is 4. The van der Waals surface area contributed by atoms with Gasteiger partial charge in [-0.25, -0.2) is 0 Å². The highest BCUT2D eigenvalue weighted by atomic mass is 16.3. The molecular formula is C17H14N2O4. The van der Waals surface area contributed by atoms with Crippen molar-refractivity contribution in [2.75, 3.05) is 10.2 Å². The average Bonchev–Trinajstić information content (AvgIpc) is 2.86. The maximum atomic E-state index is 12.3. The number of amides is 3. The van der Waals surface area contributed by atoms with E-state index < -0.39 is 5.91 Å². The Morgan fingerprint density at radius 1 is 1.00 bits per heavy atom. The summed E-state index contributed by atoms with van der Waals surface area (Å²) in [5.41, 5.74) is 1.16. The average molecular weight is 310 g/mol. The van der Waals surface area contributed by atoms with Gasteiger partial charge in [-0.3, -0.25) is 19.3 Å². The van der Waals surface area contributed by atoms with Gasteiger partial charge in [0.1, 0.15) is 5.75 Å². The minimum atomic E-state index is -0.392. The lowest BCUT2D eigenvalue weighted by Gasteiger charge is -2.14. The molecule has 1 fully saturated rings. The first-order valence-corrected chi connectivity index (χ1v) is 7.11. The summed E-state index contributed by atoms with van der Waals surface area (Å²) in [7, 11) is 0. The number of carbonyl (C=O) groups is 3. The monoisotopic (exact) mass is 310 g/mol. The molecule has 6 nitrogen and oxygen atoms in total. The van der Waals surface area contributed by atoms with Crippen LogP contribution in [-0.2, 0) is 9.59 Å². The summed E-state index contributed by atoms with van der Waals surface area (Å²) in [5.74, 6) is -0.873. The Balaban J connectivity index is 1.83. The van der Waals surface area contributed by atoms with Gasteiger partial charge < -0.3 is 10.4 Å². The summed E-state index contributed by atoms with van der Waals surface area (Å²) < 4.78 is 0. The van der Waals surface area contributed by atoms with Gasteiger partial charge in [-0.15, -0.1) is 0 Å². The first-order chi connectivity index (χ1) is 11.0. The summed E-state index contributed by atoms with van der Waals surface area (Å²) in [6.07, 6.45) is 0.386. The molecule has 1 saturated heterocycles. The first kappa shape index (κ1) is 14.8. The number of nitrogens with zero attached hydrogens (tertiary/aromatic N) is 1. The molecule has 0 spiro atoms. The van der Waals surface area contributed by atoms with Crippen molar-refractivity contribution in [3.8, 4) is 5.75 Å². The molecule has 0 bridgehead atoms. The smallest absolute Gasteiger partial charge is 0.255 e. The molecule has 3 amide bonds. The standard InChI is InChI=1S/C17H14N2O4/c20-14-6-2-4-12(10-14)18-17(23)11-3-1-5-13(9-11)19-15(21)7-8-16(19)22/h1-6,9-10,20H,7-8H2,(H,18,23). The Morgan fingerprint density at radius 3 is 2.39 bits per heavy atom. The van der Waals surface area contributed by atoms with Gasteiger partial charge in [0.15, 0.2) is 0 Å². The second kappa shape index (κ2) is 5.92. The number of carbonyl (C=O) groups excluding carboxylic acids is 3. The van der Waals surface area contributed by atoms with Crippen molar-refractivity contribution >= 4 is 29.1 Å². The summed E-state index contributed by atoms with van der Waals surface area (Å²) >= 11 is 0. The fourth-order valence-corrected chi connectivity index (χ4v) is 2.44. The van der Waals surface area contributed by atoms with Crippen LogP contribution in [0.2, 0.25) is 0 Å². The molecule has 116 valence electrons. The molecule has 1 aliphatic rings. The van der Waals surface area contributed by atoms with E-state index in [0.29, 0.717) is 16.9 Å². The van der Waals surface area contributed by atoms with Crippen molar-refractivity contribution in [2.45, 2.75) is 12.8 Å².